The van der Waals surface area contributed by atoms with Crippen molar-refractivity contribution in [2.75, 3.05) is 0 Å². The van der Waals surface area contributed by atoms with Crippen molar-refractivity contribution in [2.24, 2.45) is 17.3 Å². The molecule has 0 aromatic carbocycles. The molecule has 0 unspecified atom stereocenters. The van der Waals surface area contributed by atoms with Crippen LogP contribution in [0.15, 0.2) is 23.8 Å². The van der Waals surface area contributed by atoms with Gasteiger partial charge in [0.05, 0.1) is 0 Å². The fourth-order valence-corrected chi connectivity index (χ4v) is 3.73. The number of hydrogen-bond acceptors (Lipinski definition) is 1. The molecule has 0 bridgehead atoms. The molecule has 4 atom stereocenters. The first-order valence-corrected chi connectivity index (χ1v) is 6.50. The lowest BCUT2D eigenvalue weighted by molar-refractivity contribution is 0.00208. The van der Waals surface area contributed by atoms with Gasteiger partial charge in [0.2, 0.25) is 0 Å². The van der Waals surface area contributed by atoms with E-state index in [9.17, 15) is 0 Å². The number of epoxide rings is 1. The zero-order valence-corrected chi connectivity index (χ0v) is 10.6. The average molecular weight is 218 g/mol. The van der Waals surface area contributed by atoms with Crippen molar-refractivity contribution in [3.05, 3.63) is 23.8 Å². The zero-order valence-electron chi connectivity index (χ0n) is 10.6. The maximum absolute atomic E-state index is 5.72. The second-order valence-corrected chi connectivity index (χ2v) is 6.55. The summed E-state index contributed by atoms with van der Waals surface area (Å²) in [4.78, 5) is 0. The summed E-state index contributed by atoms with van der Waals surface area (Å²) >= 11 is 0. The maximum Gasteiger partial charge on any atom is 0.109 e. The van der Waals surface area contributed by atoms with Gasteiger partial charge in [0.15, 0.2) is 0 Å². The van der Waals surface area contributed by atoms with Crippen molar-refractivity contribution < 1.29 is 4.74 Å². The number of rotatable bonds is 0. The van der Waals surface area contributed by atoms with E-state index in [4.69, 9.17) is 4.74 Å². The van der Waals surface area contributed by atoms with Crippen LogP contribution in [-0.4, -0.2) is 12.2 Å². The molecule has 16 heavy (non-hydrogen) atoms. The molecule has 2 fully saturated rings. The number of ether oxygens (including phenoxy) is 1. The first kappa shape index (κ1) is 10.6. The van der Waals surface area contributed by atoms with Gasteiger partial charge in [0.1, 0.15) is 12.2 Å². The molecule has 0 radical (unpaired) electrons. The van der Waals surface area contributed by atoms with Gasteiger partial charge in [-0.1, -0.05) is 32.1 Å². The summed E-state index contributed by atoms with van der Waals surface area (Å²) in [5, 5.41) is 0. The Hall–Kier alpha value is -0.560. The van der Waals surface area contributed by atoms with Crippen molar-refractivity contribution in [2.45, 2.75) is 52.2 Å². The molecule has 1 heteroatoms. The lowest BCUT2D eigenvalue weighted by atomic mass is 9.52. The molecule has 0 spiro atoms. The SMILES string of the molecule is C=C1[C@H]2CC(C)(C)[C@@H]2CC/C(C)=C/[C@H]2O[C@@H]12. The zero-order chi connectivity index (χ0) is 11.5. The molecule has 1 nitrogen and oxygen atoms in total. The first-order chi connectivity index (χ1) is 7.49. The molecule has 3 aliphatic rings. The first-order valence-electron chi connectivity index (χ1n) is 6.50. The van der Waals surface area contributed by atoms with Crippen LogP contribution < -0.4 is 0 Å². The number of hydrogen-bond donors (Lipinski definition) is 0. The average Bonchev–Trinajstić information content (AvgIpc) is 2.91. The van der Waals surface area contributed by atoms with Gasteiger partial charge in [0, 0.05) is 0 Å². The molecule has 0 aromatic heterocycles. The summed E-state index contributed by atoms with van der Waals surface area (Å²) in [5.41, 5.74) is 3.40. The molecule has 0 aromatic rings. The van der Waals surface area contributed by atoms with Crippen LogP contribution >= 0.6 is 0 Å². The molecule has 0 N–H and O–H groups in total. The quantitative estimate of drug-likeness (QED) is 0.446. The van der Waals surface area contributed by atoms with E-state index in [0.29, 0.717) is 17.6 Å². The van der Waals surface area contributed by atoms with Gasteiger partial charge in [-0.2, -0.15) is 0 Å². The number of allylic oxidation sites excluding steroid dienone is 1. The smallest absolute Gasteiger partial charge is 0.109 e. The van der Waals surface area contributed by atoms with E-state index in [1.807, 2.05) is 0 Å². The minimum atomic E-state index is 0.344. The highest BCUT2D eigenvalue weighted by Crippen LogP contribution is 2.58. The Kier molecular flexibility index (Phi) is 2.13. The largest absolute Gasteiger partial charge is 0.360 e. The normalized spacial score (nSPS) is 48.4. The molecule has 1 heterocycles. The fourth-order valence-electron chi connectivity index (χ4n) is 3.73. The Labute approximate surface area is 98.6 Å². The van der Waals surface area contributed by atoms with Gasteiger partial charge in [0.25, 0.3) is 0 Å². The monoisotopic (exact) mass is 218 g/mol. The van der Waals surface area contributed by atoms with Crippen LogP contribution in [0.25, 0.3) is 0 Å². The lowest BCUT2D eigenvalue weighted by Gasteiger charge is -2.52. The molecule has 1 aliphatic heterocycles. The molecule has 3 rings (SSSR count). The standard InChI is InChI=1S/C15H22O/c1-9-5-6-12-11(8-15(12,3)4)10(2)14-13(7-9)16-14/h7,11-14H,2,5-6,8H2,1,3-4H3/b9-7+/t11-,12-,13-,14+/m1/s1. The third-order valence-electron chi connectivity index (χ3n) is 4.90. The lowest BCUT2D eigenvalue weighted by Crippen LogP contribution is -2.45. The van der Waals surface area contributed by atoms with Gasteiger partial charge in [-0.25, -0.2) is 0 Å². The maximum atomic E-state index is 5.72. The highest BCUT2D eigenvalue weighted by molar-refractivity contribution is 5.28. The Morgan fingerprint density at radius 1 is 1.44 bits per heavy atom. The topological polar surface area (TPSA) is 12.5 Å². The Morgan fingerprint density at radius 3 is 2.88 bits per heavy atom. The summed E-state index contributed by atoms with van der Waals surface area (Å²) in [6, 6.07) is 0. The number of fused-ring (bicyclic) bond motifs is 2. The van der Waals surface area contributed by atoms with E-state index >= 15 is 0 Å². The van der Waals surface area contributed by atoms with Crippen LogP contribution in [0.3, 0.4) is 0 Å². The molecule has 2 aliphatic carbocycles. The summed E-state index contributed by atoms with van der Waals surface area (Å²) in [6.07, 6.45) is 6.89. The Bertz CT molecular complexity index is 364. The van der Waals surface area contributed by atoms with E-state index in [2.05, 4.69) is 33.4 Å². The third-order valence-corrected chi connectivity index (χ3v) is 4.90. The predicted octanol–water partition coefficient (Wildman–Crippen LogP) is 3.71. The second kappa shape index (κ2) is 3.22. The minimum absolute atomic E-state index is 0.344. The summed E-state index contributed by atoms with van der Waals surface area (Å²) in [7, 11) is 0. The van der Waals surface area contributed by atoms with E-state index in [1.54, 1.807) is 0 Å². The Balaban J connectivity index is 1.85. The van der Waals surface area contributed by atoms with Crippen molar-refractivity contribution >= 4 is 0 Å². The fraction of sp³-hybridized carbons (Fsp3) is 0.733. The molecular weight excluding hydrogens is 196 g/mol. The van der Waals surface area contributed by atoms with Crippen molar-refractivity contribution in [3.63, 3.8) is 0 Å². The summed E-state index contributed by atoms with van der Waals surface area (Å²) in [6.45, 7) is 11.4. The van der Waals surface area contributed by atoms with Gasteiger partial charge in [-0.05, 0) is 49.0 Å². The van der Waals surface area contributed by atoms with E-state index in [0.717, 1.165) is 11.8 Å². The van der Waals surface area contributed by atoms with Gasteiger partial charge in [-0.3, -0.25) is 0 Å². The molecule has 1 saturated heterocycles. The van der Waals surface area contributed by atoms with Crippen molar-refractivity contribution in [3.8, 4) is 0 Å². The van der Waals surface area contributed by atoms with Crippen LogP contribution in [0.1, 0.15) is 40.0 Å². The molecule has 0 amide bonds. The molecular formula is C15H22O. The van der Waals surface area contributed by atoms with Crippen LogP contribution in [0.2, 0.25) is 0 Å². The van der Waals surface area contributed by atoms with E-state index < -0.39 is 0 Å². The second-order valence-electron chi connectivity index (χ2n) is 6.55. The van der Waals surface area contributed by atoms with E-state index in [1.165, 1.54) is 30.4 Å². The Morgan fingerprint density at radius 2 is 2.19 bits per heavy atom. The summed E-state index contributed by atoms with van der Waals surface area (Å²) < 4.78 is 5.72. The van der Waals surface area contributed by atoms with E-state index in [-0.39, 0.29) is 0 Å². The third kappa shape index (κ3) is 1.48. The predicted molar refractivity (Wildman–Crippen MR) is 66.2 cm³/mol. The van der Waals surface area contributed by atoms with Crippen LogP contribution in [0.5, 0.6) is 0 Å². The van der Waals surface area contributed by atoms with Crippen molar-refractivity contribution in [1.29, 1.82) is 0 Å². The van der Waals surface area contributed by atoms with Gasteiger partial charge < -0.3 is 4.74 Å². The van der Waals surface area contributed by atoms with Crippen LogP contribution in [-0.2, 0) is 4.74 Å². The minimum Gasteiger partial charge on any atom is -0.360 e. The molecule has 88 valence electrons. The summed E-state index contributed by atoms with van der Waals surface area (Å²) in [5.74, 6) is 1.55. The van der Waals surface area contributed by atoms with Crippen LogP contribution in [0, 0.1) is 17.3 Å². The van der Waals surface area contributed by atoms with Gasteiger partial charge >= 0.3 is 0 Å². The highest BCUT2D eigenvalue weighted by atomic mass is 16.6. The van der Waals surface area contributed by atoms with Crippen LogP contribution in [0.4, 0.5) is 0 Å². The highest BCUT2D eigenvalue weighted by Gasteiger charge is 2.53. The molecule has 1 saturated carbocycles. The van der Waals surface area contributed by atoms with Gasteiger partial charge in [-0.15, -0.1) is 0 Å². The van der Waals surface area contributed by atoms with Crippen molar-refractivity contribution in [1.82, 2.24) is 0 Å².